The molecular formula is C16H22BrN3. The average Bonchev–Trinajstić information content (AvgIpc) is 2.44. The Morgan fingerprint density at radius 1 is 1.40 bits per heavy atom. The summed E-state index contributed by atoms with van der Waals surface area (Å²) in [5, 5.41) is 12.7. The van der Waals surface area contributed by atoms with E-state index in [1.54, 1.807) is 0 Å². The van der Waals surface area contributed by atoms with Gasteiger partial charge in [-0.1, -0.05) is 22.4 Å². The number of anilines is 1. The van der Waals surface area contributed by atoms with Gasteiger partial charge >= 0.3 is 0 Å². The lowest BCUT2D eigenvalue weighted by atomic mass is 10.0. The maximum Gasteiger partial charge on any atom is 0.0992 e. The molecule has 1 N–H and O–H groups in total. The number of nitrogens with zero attached hydrogens (tertiary/aromatic N) is 2. The Balaban J connectivity index is 2.19. The third kappa shape index (κ3) is 3.97. The molecule has 108 valence electrons. The Hall–Kier alpha value is -1.05. The average molecular weight is 336 g/mol. The fourth-order valence-corrected chi connectivity index (χ4v) is 3.22. The summed E-state index contributed by atoms with van der Waals surface area (Å²) in [6.07, 6.45) is 3.83. The molecule has 20 heavy (non-hydrogen) atoms. The Labute approximate surface area is 130 Å². The largest absolute Gasteiger partial charge is 0.367 e. The Kier molecular flexibility index (Phi) is 5.45. The third-order valence-electron chi connectivity index (χ3n) is 3.80. The second-order valence-corrected chi connectivity index (χ2v) is 6.62. The molecule has 1 aromatic rings. The van der Waals surface area contributed by atoms with Crippen molar-refractivity contribution in [2.75, 3.05) is 18.0 Å². The standard InChI is InChI=1S/C16H22BrN3/c1-12(2)20(11-15-5-3-4-6-19-15)16-8-13(10-18)7-14(17)9-16/h7-9,12,15,19H,3-6,11H2,1-2H3. The first-order chi connectivity index (χ1) is 9.60. The third-order valence-corrected chi connectivity index (χ3v) is 4.25. The second kappa shape index (κ2) is 7.10. The molecule has 1 atom stereocenters. The van der Waals surface area contributed by atoms with Crippen LogP contribution >= 0.6 is 15.9 Å². The highest BCUT2D eigenvalue weighted by molar-refractivity contribution is 9.10. The Morgan fingerprint density at radius 3 is 2.80 bits per heavy atom. The van der Waals surface area contributed by atoms with Gasteiger partial charge in [-0.2, -0.15) is 5.26 Å². The van der Waals surface area contributed by atoms with Gasteiger partial charge in [0.1, 0.15) is 0 Å². The first kappa shape index (κ1) is 15.3. The van der Waals surface area contributed by atoms with Crippen molar-refractivity contribution in [2.45, 2.75) is 45.2 Å². The maximum atomic E-state index is 9.13. The summed E-state index contributed by atoms with van der Waals surface area (Å²) in [5.41, 5.74) is 1.83. The van der Waals surface area contributed by atoms with E-state index in [4.69, 9.17) is 5.26 Å². The second-order valence-electron chi connectivity index (χ2n) is 5.70. The van der Waals surface area contributed by atoms with Crippen molar-refractivity contribution < 1.29 is 0 Å². The van der Waals surface area contributed by atoms with Crippen molar-refractivity contribution >= 4 is 21.6 Å². The highest BCUT2D eigenvalue weighted by Gasteiger charge is 2.19. The van der Waals surface area contributed by atoms with Gasteiger partial charge in [0.15, 0.2) is 0 Å². The van der Waals surface area contributed by atoms with Crippen LogP contribution in [0.2, 0.25) is 0 Å². The molecule has 1 heterocycles. The van der Waals surface area contributed by atoms with E-state index in [2.05, 4.69) is 52.1 Å². The van der Waals surface area contributed by atoms with E-state index in [0.29, 0.717) is 17.6 Å². The summed E-state index contributed by atoms with van der Waals surface area (Å²) >= 11 is 3.50. The van der Waals surface area contributed by atoms with Crippen molar-refractivity contribution in [2.24, 2.45) is 0 Å². The lowest BCUT2D eigenvalue weighted by molar-refractivity contribution is 0.393. The molecule has 1 fully saturated rings. The van der Waals surface area contributed by atoms with Crippen LogP contribution in [0.1, 0.15) is 38.7 Å². The number of nitrogens with one attached hydrogen (secondary N) is 1. The van der Waals surface area contributed by atoms with Gasteiger partial charge in [-0.05, 0) is 51.4 Å². The smallest absolute Gasteiger partial charge is 0.0992 e. The van der Waals surface area contributed by atoms with Gasteiger partial charge in [0.05, 0.1) is 11.6 Å². The quantitative estimate of drug-likeness (QED) is 0.912. The summed E-state index contributed by atoms with van der Waals surface area (Å²) in [7, 11) is 0. The van der Waals surface area contributed by atoms with Crippen molar-refractivity contribution in [3.8, 4) is 6.07 Å². The molecule has 4 heteroatoms. The molecule has 1 unspecified atom stereocenters. The summed E-state index contributed by atoms with van der Waals surface area (Å²) in [6, 6.07) is 9.14. The van der Waals surface area contributed by atoms with Gasteiger partial charge in [-0.25, -0.2) is 0 Å². The van der Waals surface area contributed by atoms with Crippen LogP contribution in [0, 0.1) is 11.3 Å². The van der Waals surface area contributed by atoms with E-state index in [1.807, 2.05) is 12.1 Å². The molecule has 0 bridgehead atoms. The van der Waals surface area contributed by atoms with Crippen LogP contribution in [0.5, 0.6) is 0 Å². The zero-order chi connectivity index (χ0) is 14.5. The van der Waals surface area contributed by atoms with Crippen LogP contribution < -0.4 is 10.2 Å². The van der Waals surface area contributed by atoms with Crippen molar-refractivity contribution in [3.63, 3.8) is 0 Å². The number of halogens is 1. The highest BCUT2D eigenvalue weighted by Crippen LogP contribution is 2.25. The van der Waals surface area contributed by atoms with Crippen LogP contribution in [0.25, 0.3) is 0 Å². The number of hydrogen-bond donors (Lipinski definition) is 1. The summed E-state index contributed by atoms with van der Waals surface area (Å²) < 4.78 is 0.966. The summed E-state index contributed by atoms with van der Waals surface area (Å²) in [5.74, 6) is 0. The van der Waals surface area contributed by atoms with E-state index < -0.39 is 0 Å². The molecule has 0 saturated carbocycles. The minimum Gasteiger partial charge on any atom is -0.367 e. The number of piperidine rings is 1. The van der Waals surface area contributed by atoms with E-state index in [9.17, 15) is 0 Å². The lowest BCUT2D eigenvalue weighted by Crippen LogP contribution is -2.46. The summed E-state index contributed by atoms with van der Waals surface area (Å²) in [6.45, 7) is 6.53. The van der Waals surface area contributed by atoms with Crippen LogP contribution in [0.15, 0.2) is 22.7 Å². The van der Waals surface area contributed by atoms with E-state index in [0.717, 1.165) is 23.2 Å². The van der Waals surface area contributed by atoms with E-state index >= 15 is 0 Å². The van der Waals surface area contributed by atoms with E-state index in [1.165, 1.54) is 19.3 Å². The van der Waals surface area contributed by atoms with E-state index in [-0.39, 0.29) is 0 Å². The van der Waals surface area contributed by atoms with Gasteiger partial charge in [0.25, 0.3) is 0 Å². The first-order valence-electron chi connectivity index (χ1n) is 7.31. The monoisotopic (exact) mass is 335 g/mol. The van der Waals surface area contributed by atoms with Crippen LogP contribution in [0.3, 0.4) is 0 Å². The molecule has 1 aliphatic heterocycles. The zero-order valence-corrected chi connectivity index (χ0v) is 13.8. The number of benzene rings is 1. The molecule has 0 aromatic heterocycles. The normalized spacial score (nSPS) is 18.9. The molecule has 3 nitrogen and oxygen atoms in total. The molecule has 0 aliphatic carbocycles. The minimum absolute atomic E-state index is 0.416. The fourth-order valence-electron chi connectivity index (χ4n) is 2.74. The number of nitriles is 1. The summed E-state index contributed by atoms with van der Waals surface area (Å²) in [4.78, 5) is 2.38. The molecule has 2 rings (SSSR count). The number of hydrogen-bond acceptors (Lipinski definition) is 3. The maximum absolute atomic E-state index is 9.13. The zero-order valence-electron chi connectivity index (χ0n) is 12.2. The van der Waals surface area contributed by atoms with Gasteiger partial charge in [0.2, 0.25) is 0 Å². The minimum atomic E-state index is 0.416. The van der Waals surface area contributed by atoms with Crippen LogP contribution in [0.4, 0.5) is 5.69 Å². The van der Waals surface area contributed by atoms with Gasteiger partial charge in [-0.15, -0.1) is 0 Å². The number of rotatable bonds is 4. The van der Waals surface area contributed by atoms with Gasteiger partial charge < -0.3 is 10.2 Å². The molecule has 0 amide bonds. The Morgan fingerprint density at radius 2 is 2.20 bits per heavy atom. The lowest BCUT2D eigenvalue weighted by Gasteiger charge is -2.35. The molecular weight excluding hydrogens is 314 g/mol. The van der Waals surface area contributed by atoms with Gasteiger partial charge in [-0.3, -0.25) is 0 Å². The molecule has 1 aromatic carbocycles. The van der Waals surface area contributed by atoms with Crippen LogP contribution in [-0.4, -0.2) is 25.2 Å². The Bertz CT molecular complexity index is 487. The fraction of sp³-hybridized carbons (Fsp3) is 0.562. The van der Waals surface area contributed by atoms with Gasteiger partial charge in [0, 0.05) is 28.8 Å². The van der Waals surface area contributed by atoms with Crippen molar-refractivity contribution in [1.82, 2.24) is 5.32 Å². The topological polar surface area (TPSA) is 39.1 Å². The molecule has 1 saturated heterocycles. The highest BCUT2D eigenvalue weighted by atomic mass is 79.9. The van der Waals surface area contributed by atoms with Crippen LogP contribution in [-0.2, 0) is 0 Å². The molecule has 1 aliphatic rings. The predicted octanol–water partition coefficient (Wildman–Crippen LogP) is 3.68. The first-order valence-corrected chi connectivity index (χ1v) is 8.10. The van der Waals surface area contributed by atoms with Crippen molar-refractivity contribution in [3.05, 3.63) is 28.2 Å². The molecule has 0 radical (unpaired) electrons. The van der Waals surface area contributed by atoms with Crippen molar-refractivity contribution in [1.29, 1.82) is 5.26 Å². The SMILES string of the molecule is CC(C)N(CC1CCCCN1)c1cc(Br)cc(C#N)c1. The predicted molar refractivity (Wildman–Crippen MR) is 87.0 cm³/mol. The molecule has 0 spiro atoms.